The standard InChI is InChI=1S/C24H27N3O2/c1-17(2)23(19-11-5-4-6-12-19)26-24(29)27(3)16-22(28)25-21-15-9-13-18-10-7-8-14-20(18)21/h4-15,17,23H,16H2,1-3H3,(H,25,28)(H,26,29)/t23-/m0/s1. The number of carbonyl (C=O) groups is 2. The highest BCUT2D eigenvalue weighted by atomic mass is 16.2. The first-order chi connectivity index (χ1) is 14.0. The van der Waals surface area contributed by atoms with Gasteiger partial charge in [0.2, 0.25) is 5.91 Å². The zero-order valence-electron chi connectivity index (χ0n) is 17.1. The van der Waals surface area contributed by atoms with Crippen LogP contribution < -0.4 is 10.6 Å². The minimum Gasteiger partial charge on any atom is -0.331 e. The van der Waals surface area contributed by atoms with Gasteiger partial charge in [0.15, 0.2) is 0 Å². The summed E-state index contributed by atoms with van der Waals surface area (Å²) >= 11 is 0. The normalized spacial score (nSPS) is 11.9. The van der Waals surface area contributed by atoms with Crippen LogP contribution in [0.25, 0.3) is 10.8 Å². The lowest BCUT2D eigenvalue weighted by atomic mass is 9.96. The lowest BCUT2D eigenvalue weighted by molar-refractivity contribution is -0.116. The van der Waals surface area contributed by atoms with E-state index in [4.69, 9.17) is 0 Å². The molecule has 0 heterocycles. The third-order valence-corrected chi connectivity index (χ3v) is 4.90. The highest BCUT2D eigenvalue weighted by Crippen LogP contribution is 2.23. The number of likely N-dealkylation sites (N-methyl/N-ethyl adjacent to an activating group) is 1. The molecule has 0 aromatic heterocycles. The van der Waals surface area contributed by atoms with Gasteiger partial charge in [0.1, 0.15) is 6.54 Å². The summed E-state index contributed by atoms with van der Waals surface area (Å²) < 4.78 is 0. The second-order valence-electron chi connectivity index (χ2n) is 7.51. The lowest BCUT2D eigenvalue weighted by Gasteiger charge is -2.26. The van der Waals surface area contributed by atoms with Crippen LogP contribution in [0, 0.1) is 5.92 Å². The van der Waals surface area contributed by atoms with Crippen molar-refractivity contribution in [2.45, 2.75) is 19.9 Å². The predicted octanol–water partition coefficient (Wildman–Crippen LogP) is 4.82. The maximum absolute atomic E-state index is 12.7. The van der Waals surface area contributed by atoms with Gasteiger partial charge in [-0.3, -0.25) is 4.79 Å². The highest BCUT2D eigenvalue weighted by molar-refractivity contribution is 6.03. The van der Waals surface area contributed by atoms with Gasteiger partial charge in [-0.2, -0.15) is 0 Å². The minimum atomic E-state index is -0.277. The molecule has 0 saturated carbocycles. The summed E-state index contributed by atoms with van der Waals surface area (Å²) in [5.41, 5.74) is 1.79. The fourth-order valence-electron chi connectivity index (χ4n) is 3.35. The monoisotopic (exact) mass is 389 g/mol. The van der Waals surface area contributed by atoms with Crippen LogP contribution in [0.3, 0.4) is 0 Å². The Bertz CT molecular complexity index is 980. The van der Waals surface area contributed by atoms with E-state index < -0.39 is 0 Å². The molecule has 3 rings (SSSR count). The summed E-state index contributed by atoms with van der Waals surface area (Å²) in [4.78, 5) is 26.6. The van der Waals surface area contributed by atoms with Gasteiger partial charge < -0.3 is 15.5 Å². The molecular formula is C24H27N3O2. The van der Waals surface area contributed by atoms with Crippen molar-refractivity contribution in [3.63, 3.8) is 0 Å². The molecule has 0 bridgehead atoms. The molecule has 0 unspecified atom stereocenters. The van der Waals surface area contributed by atoms with E-state index in [9.17, 15) is 9.59 Å². The number of nitrogens with one attached hydrogen (secondary N) is 2. The molecule has 3 amide bonds. The number of urea groups is 1. The first kappa shape index (κ1) is 20.4. The first-order valence-corrected chi connectivity index (χ1v) is 9.80. The Morgan fingerprint density at radius 2 is 1.55 bits per heavy atom. The molecule has 0 radical (unpaired) electrons. The van der Waals surface area contributed by atoms with Crippen molar-refractivity contribution in [2.75, 3.05) is 18.9 Å². The second-order valence-corrected chi connectivity index (χ2v) is 7.51. The van der Waals surface area contributed by atoms with Crippen molar-refractivity contribution >= 4 is 28.4 Å². The Morgan fingerprint density at radius 1 is 0.897 bits per heavy atom. The molecule has 3 aromatic carbocycles. The third kappa shape index (κ3) is 5.13. The average molecular weight is 389 g/mol. The Labute approximate surface area is 171 Å². The van der Waals surface area contributed by atoms with E-state index in [-0.39, 0.29) is 30.4 Å². The van der Waals surface area contributed by atoms with Crippen LogP contribution in [0.4, 0.5) is 10.5 Å². The average Bonchev–Trinajstić information content (AvgIpc) is 2.72. The van der Waals surface area contributed by atoms with Crippen LogP contribution in [0.15, 0.2) is 72.8 Å². The van der Waals surface area contributed by atoms with Crippen molar-refractivity contribution in [1.29, 1.82) is 0 Å². The molecule has 0 spiro atoms. The number of rotatable bonds is 6. The molecule has 5 nitrogen and oxygen atoms in total. The second kappa shape index (κ2) is 9.24. The SMILES string of the molecule is CC(C)[C@H](NC(=O)N(C)CC(=O)Nc1cccc2ccccc12)c1ccccc1. The van der Waals surface area contributed by atoms with Gasteiger partial charge in [0, 0.05) is 18.1 Å². The van der Waals surface area contributed by atoms with Crippen LogP contribution in [-0.2, 0) is 4.79 Å². The van der Waals surface area contributed by atoms with E-state index in [0.29, 0.717) is 0 Å². The number of carbonyl (C=O) groups excluding carboxylic acids is 2. The Hall–Kier alpha value is -3.34. The Morgan fingerprint density at radius 3 is 2.28 bits per heavy atom. The zero-order chi connectivity index (χ0) is 20.8. The summed E-state index contributed by atoms with van der Waals surface area (Å²) in [7, 11) is 1.63. The number of nitrogens with zero attached hydrogens (tertiary/aromatic N) is 1. The topological polar surface area (TPSA) is 61.4 Å². The highest BCUT2D eigenvalue weighted by Gasteiger charge is 2.21. The van der Waals surface area contributed by atoms with Crippen molar-refractivity contribution < 1.29 is 9.59 Å². The van der Waals surface area contributed by atoms with Gasteiger partial charge in [-0.15, -0.1) is 0 Å². The predicted molar refractivity (Wildman–Crippen MR) is 118 cm³/mol. The van der Waals surface area contributed by atoms with Gasteiger partial charge >= 0.3 is 6.03 Å². The van der Waals surface area contributed by atoms with Gasteiger partial charge in [0.25, 0.3) is 0 Å². The minimum absolute atomic E-state index is 0.0331. The number of benzene rings is 3. The lowest BCUT2D eigenvalue weighted by Crippen LogP contribution is -2.44. The molecule has 0 saturated heterocycles. The van der Waals surface area contributed by atoms with Gasteiger partial charge in [-0.25, -0.2) is 4.79 Å². The Balaban J connectivity index is 1.63. The van der Waals surface area contributed by atoms with E-state index in [1.807, 2.05) is 72.8 Å². The van der Waals surface area contributed by atoms with E-state index in [1.165, 1.54) is 4.90 Å². The van der Waals surface area contributed by atoms with Crippen molar-refractivity contribution in [2.24, 2.45) is 5.92 Å². The van der Waals surface area contributed by atoms with Gasteiger partial charge in [-0.05, 0) is 22.9 Å². The first-order valence-electron chi connectivity index (χ1n) is 9.80. The molecule has 150 valence electrons. The number of hydrogen-bond donors (Lipinski definition) is 2. The summed E-state index contributed by atoms with van der Waals surface area (Å²) in [6.45, 7) is 4.09. The number of fused-ring (bicyclic) bond motifs is 1. The molecule has 29 heavy (non-hydrogen) atoms. The van der Waals surface area contributed by atoms with Gasteiger partial charge in [-0.1, -0.05) is 80.6 Å². The molecule has 5 heteroatoms. The van der Waals surface area contributed by atoms with Crippen molar-refractivity contribution in [1.82, 2.24) is 10.2 Å². The van der Waals surface area contributed by atoms with E-state index in [1.54, 1.807) is 7.05 Å². The molecule has 3 aromatic rings. The van der Waals surface area contributed by atoms with Crippen molar-refractivity contribution in [3.8, 4) is 0 Å². The van der Waals surface area contributed by atoms with Crippen LogP contribution >= 0.6 is 0 Å². The number of amides is 3. The van der Waals surface area contributed by atoms with Crippen LogP contribution in [0.2, 0.25) is 0 Å². The largest absolute Gasteiger partial charge is 0.331 e. The molecule has 1 atom stereocenters. The summed E-state index contributed by atoms with van der Waals surface area (Å²) in [5.74, 6) is -0.0147. The van der Waals surface area contributed by atoms with Crippen LogP contribution in [-0.4, -0.2) is 30.4 Å². The fraction of sp³-hybridized carbons (Fsp3) is 0.250. The third-order valence-electron chi connectivity index (χ3n) is 4.90. The Kier molecular flexibility index (Phi) is 6.50. The summed E-state index contributed by atoms with van der Waals surface area (Å²) in [6.07, 6.45) is 0. The zero-order valence-corrected chi connectivity index (χ0v) is 17.1. The molecule has 2 N–H and O–H groups in total. The fourth-order valence-corrected chi connectivity index (χ4v) is 3.35. The maximum Gasteiger partial charge on any atom is 0.318 e. The van der Waals surface area contributed by atoms with Crippen LogP contribution in [0.1, 0.15) is 25.5 Å². The maximum atomic E-state index is 12.7. The van der Waals surface area contributed by atoms with E-state index in [2.05, 4.69) is 24.5 Å². The molecule has 0 aliphatic heterocycles. The van der Waals surface area contributed by atoms with Crippen LogP contribution in [0.5, 0.6) is 0 Å². The summed E-state index contributed by atoms with van der Waals surface area (Å²) in [5, 5.41) is 7.98. The van der Waals surface area contributed by atoms with Crippen molar-refractivity contribution in [3.05, 3.63) is 78.4 Å². The van der Waals surface area contributed by atoms with E-state index >= 15 is 0 Å². The smallest absolute Gasteiger partial charge is 0.318 e. The van der Waals surface area contributed by atoms with E-state index in [0.717, 1.165) is 22.0 Å². The number of hydrogen-bond acceptors (Lipinski definition) is 2. The molecule has 0 fully saturated rings. The van der Waals surface area contributed by atoms with Gasteiger partial charge in [0.05, 0.1) is 6.04 Å². The quantitative estimate of drug-likeness (QED) is 0.635. The molecular weight excluding hydrogens is 362 g/mol. The molecule has 0 aliphatic carbocycles. The number of anilines is 1. The summed E-state index contributed by atoms with van der Waals surface area (Å²) in [6, 6.07) is 23.1. The molecule has 0 aliphatic rings.